The minimum Gasteiger partial charge on any atom is -0.465 e. The van der Waals surface area contributed by atoms with Crippen molar-refractivity contribution in [2.75, 3.05) is 6.61 Å². The van der Waals surface area contributed by atoms with Gasteiger partial charge in [0.2, 0.25) is 0 Å². The molecular weight excluding hydrogens is 412 g/mol. The van der Waals surface area contributed by atoms with Crippen molar-refractivity contribution in [1.82, 2.24) is 10.6 Å². The first kappa shape index (κ1) is 25.2. The van der Waals surface area contributed by atoms with Crippen LogP contribution in [0.25, 0.3) is 0 Å². The molecule has 0 heterocycles. The van der Waals surface area contributed by atoms with E-state index in [4.69, 9.17) is 14.3 Å². The van der Waals surface area contributed by atoms with Crippen molar-refractivity contribution in [1.29, 1.82) is 0 Å². The molecule has 1 aliphatic rings. The van der Waals surface area contributed by atoms with Crippen molar-refractivity contribution >= 4 is 20.5 Å². The highest BCUT2D eigenvalue weighted by atomic mass is 28.4. The Morgan fingerprint density at radius 1 is 1.06 bits per heavy atom. The number of ether oxygens (including phenoxy) is 1. The van der Waals surface area contributed by atoms with Crippen molar-refractivity contribution in [2.24, 2.45) is 0 Å². The van der Waals surface area contributed by atoms with Gasteiger partial charge in [0.05, 0.1) is 6.10 Å². The standard InChI is InChI=1S/C23H38N2O5Si/c1-23(2,3)31(4,5)30-20(15-17-9-7-6-8-10-17)16-29-22(28)25-19-13-11-18(12-14-19)24-21(26)27/h6-10,18-20,24H,11-16H2,1-5H3,(H,25,28)(H,26,27). The van der Waals surface area contributed by atoms with Crippen LogP contribution in [0.5, 0.6) is 0 Å². The summed E-state index contributed by atoms with van der Waals surface area (Å²) in [7, 11) is -2.02. The van der Waals surface area contributed by atoms with Crippen LogP contribution in [0.15, 0.2) is 30.3 Å². The molecule has 1 fully saturated rings. The molecule has 2 amide bonds. The van der Waals surface area contributed by atoms with Crippen LogP contribution >= 0.6 is 0 Å². The Labute approximate surface area is 187 Å². The molecule has 0 saturated heterocycles. The number of hydrogen-bond donors (Lipinski definition) is 3. The molecule has 0 spiro atoms. The Kier molecular flexibility index (Phi) is 8.94. The smallest absolute Gasteiger partial charge is 0.407 e. The molecule has 31 heavy (non-hydrogen) atoms. The number of benzene rings is 1. The van der Waals surface area contributed by atoms with Gasteiger partial charge in [0.25, 0.3) is 0 Å². The highest BCUT2D eigenvalue weighted by Crippen LogP contribution is 2.37. The maximum atomic E-state index is 12.4. The van der Waals surface area contributed by atoms with Crippen LogP contribution in [-0.2, 0) is 15.6 Å². The molecule has 0 bridgehead atoms. The lowest BCUT2D eigenvalue weighted by molar-refractivity contribution is 0.0713. The monoisotopic (exact) mass is 450 g/mol. The third kappa shape index (κ3) is 8.53. The van der Waals surface area contributed by atoms with Crippen molar-refractivity contribution in [3.8, 4) is 0 Å². The summed E-state index contributed by atoms with van der Waals surface area (Å²) in [6.45, 7) is 11.2. The summed E-state index contributed by atoms with van der Waals surface area (Å²) >= 11 is 0. The van der Waals surface area contributed by atoms with Gasteiger partial charge in [0, 0.05) is 18.5 Å². The molecule has 0 aliphatic heterocycles. The largest absolute Gasteiger partial charge is 0.465 e. The summed E-state index contributed by atoms with van der Waals surface area (Å²) in [5.41, 5.74) is 1.15. The van der Waals surface area contributed by atoms with Crippen molar-refractivity contribution in [2.45, 2.75) is 89.2 Å². The topological polar surface area (TPSA) is 96.9 Å². The van der Waals surface area contributed by atoms with Gasteiger partial charge in [-0.1, -0.05) is 51.1 Å². The second-order valence-electron chi connectivity index (χ2n) is 9.93. The van der Waals surface area contributed by atoms with E-state index in [1.807, 2.05) is 18.2 Å². The molecule has 7 nitrogen and oxygen atoms in total. The third-order valence-electron chi connectivity index (χ3n) is 6.35. The SMILES string of the molecule is CC(C)(C)[Si](C)(C)OC(COC(=O)NC1CCC(NC(=O)O)CC1)Cc1ccccc1. The Morgan fingerprint density at radius 3 is 2.13 bits per heavy atom. The van der Waals surface area contributed by atoms with E-state index in [0.717, 1.165) is 18.4 Å². The predicted molar refractivity (Wildman–Crippen MR) is 124 cm³/mol. The molecule has 174 valence electrons. The fourth-order valence-corrected chi connectivity index (χ4v) is 4.88. The van der Waals surface area contributed by atoms with Gasteiger partial charge >= 0.3 is 12.2 Å². The number of carbonyl (C=O) groups excluding carboxylic acids is 1. The maximum absolute atomic E-state index is 12.4. The van der Waals surface area contributed by atoms with E-state index in [9.17, 15) is 9.59 Å². The van der Waals surface area contributed by atoms with E-state index in [0.29, 0.717) is 19.3 Å². The van der Waals surface area contributed by atoms with Gasteiger partial charge in [0.1, 0.15) is 6.61 Å². The van der Waals surface area contributed by atoms with Crippen LogP contribution in [0.2, 0.25) is 18.1 Å². The van der Waals surface area contributed by atoms with Crippen LogP contribution in [0.4, 0.5) is 9.59 Å². The van der Waals surface area contributed by atoms with E-state index >= 15 is 0 Å². The van der Waals surface area contributed by atoms with E-state index in [1.54, 1.807) is 0 Å². The predicted octanol–water partition coefficient (Wildman–Crippen LogP) is 4.92. The Balaban J connectivity index is 1.88. The molecule has 3 N–H and O–H groups in total. The summed E-state index contributed by atoms with van der Waals surface area (Å²) in [6.07, 6.45) is 1.93. The Morgan fingerprint density at radius 2 is 1.61 bits per heavy atom. The number of alkyl carbamates (subject to hydrolysis) is 1. The van der Waals surface area contributed by atoms with Crippen LogP contribution in [0, 0.1) is 0 Å². The normalized spacial score (nSPS) is 20.5. The summed E-state index contributed by atoms with van der Waals surface area (Å²) in [6, 6.07) is 10.1. The molecule has 8 heteroatoms. The zero-order chi connectivity index (χ0) is 23.1. The van der Waals surface area contributed by atoms with E-state index < -0.39 is 20.5 Å². The molecule has 1 atom stereocenters. The number of amides is 2. The lowest BCUT2D eigenvalue weighted by Crippen LogP contribution is -2.47. The number of carboxylic acid groups (broad SMARTS) is 1. The Hall–Kier alpha value is -2.06. The summed E-state index contributed by atoms with van der Waals surface area (Å²) in [5, 5.41) is 14.3. The second kappa shape index (κ2) is 11.0. The van der Waals surface area contributed by atoms with Crippen molar-refractivity contribution in [3.05, 3.63) is 35.9 Å². The Bertz CT molecular complexity index is 712. The molecule has 1 saturated carbocycles. The zero-order valence-electron chi connectivity index (χ0n) is 19.4. The molecule has 0 radical (unpaired) electrons. The summed E-state index contributed by atoms with van der Waals surface area (Å²) in [5.74, 6) is 0. The zero-order valence-corrected chi connectivity index (χ0v) is 20.4. The van der Waals surface area contributed by atoms with Crippen molar-refractivity contribution in [3.63, 3.8) is 0 Å². The number of carbonyl (C=O) groups is 2. The first-order valence-corrected chi connectivity index (χ1v) is 14.0. The van der Waals surface area contributed by atoms with Crippen LogP contribution in [0.1, 0.15) is 52.0 Å². The van der Waals surface area contributed by atoms with Gasteiger partial charge in [-0.3, -0.25) is 0 Å². The lowest BCUT2D eigenvalue weighted by Gasteiger charge is -2.39. The molecule has 1 unspecified atom stereocenters. The number of nitrogens with one attached hydrogen (secondary N) is 2. The van der Waals surface area contributed by atoms with Crippen molar-refractivity contribution < 1.29 is 23.9 Å². The molecule has 1 aliphatic carbocycles. The van der Waals surface area contributed by atoms with Crippen LogP contribution in [-0.4, -0.2) is 50.4 Å². The highest BCUT2D eigenvalue weighted by Gasteiger charge is 2.39. The van der Waals surface area contributed by atoms with Gasteiger partial charge in [-0.05, 0) is 49.4 Å². The average molecular weight is 451 g/mol. The molecule has 1 aromatic carbocycles. The second-order valence-corrected chi connectivity index (χ2v) is 14.7. The first-order chi connectivity index (χ1) is 14.5. The van der Waals surface area contributed by atoms with Gasteiger partial charge in [0.15, 0.2) is 8.32 Å². The minimum absolute atomic E-state index is 0.00762. The summed E-state index contributed by atoms with van der Waals surface area (Å²) in [4.78, 5) is 23.2. The fourth-order valence-electron chi connectivity index (χ4n) is 3.54. The van der Waals surface area contributed by atoms with Gasteiger partial charge in [-0.15, -0.1) is 0 Å². The van der Waals surface area contributed by atoms with Gasteiger partial charge in [-0.2, -0.15) is 0 Å². The lowest BCUT2D eigenvalue weighted by atomic mass is 9.91. The molecular formula is C23H38N2O5Si. The van der Waals surface area contributed by atoms with Gasteiger partial charge in [-0.25, -0.2) is 9.59 Å². The molecule has 1 aromatic rings. The van der Waals surface area contributed by atoms with E-state index in [2.05, 4.69) is 56.6 Å². The van der Waals surface area contributed by atoms with Crippen LogP contribution < -0.4 is 10.6 Å². The van der Waals surface area contributed by atoms with Crippen LogP contribution in [0.3, 0.4) is 0 Å². The third-order valence-corrected chi connectivity index (χ3v) is 10.9. The average Bonchev–Trinajstić information content (AvgIpc) is 2.67. The number of rotatable bonds is 8. The van der Waals surface area contributed by atoms with E-state index in [-0.39, 0.29) is 29.8 Å². The molecule has 2 rings (SSSR count). The van der Waals surface area contributed by atoms with Gasteiger partial charge < -0.3 is 24.9 Å². The summed E-state index contributed by atoms with van der Waals surface area (Å²) < 4.78 is 12.1. The first-order valence-electron chi connectivity index (χ1n) is 11.1. The fraction of sp³-hybridized carbons (Fsp3) is 0.652. The molecule has 0 aromatic heterocycles. The number of hydrogen-bond acceptors (Lipinski definition) is 4. The highest BCUT2D eigenvalue weighted by molar-refractivity contribution is 6.74. The van der Waals surface area contributed by atoms with E-state index in [1.165, 1.54) is 0 Å². The quantitative estimate of drug-likeness (QED) is 0.488. The maximum Gasteiger partial charge on any atom is 0.407 e. The minimum atomic E-state index is -2.02.